The van der Waals surface area contributed by atoms with Crippen molar-refractivity contribution >= 4 is 5.91 Å². The fourth-order valence-electron chi connectivity index (χ4n) is 2.33. The molecule has 4 heteroatoms. The lowest BCUT2D eigenvalue weighted by Gasteiger charge is -2.26. The fraction of sp³-hybridized carbons (Fsp3) is 0.188. The molecule has 2 aromatic carbocycles. The zero-order valence-corrected chi connectivity index (χ0v) is 10.8. The second kappa shape index (κ2) is 5.33. The summed E-state index contributed by atoms with van der Waals surface area (Å²) < 4.78 is 18.4. The summed E-state index contributed by atoms with van der Waals surface area (Å²) in [5, 5.41) is 2.97. The SMILES string of the molecule is O=C(N[C@H]1CCOc2ccccc21)c1ccc(F)cc1. The molecule has 102 valence electrons. The van der Waals surface area contributed by atoms with Crippen LogP contribution in [-0.4, -0.2) is 12.5 Å². The molecule has 0 saturated heterocycles. The second-order valence-electron chi connectivity index (χ2n) is 4.71. The third kappa shape index (κ3) is 2.50. The van der Waals surface area contributed by atoms with Gasteiger partial charge in [0.15, 0.2) is 0 Å². The quantitative estimate of drug-likeness (QED) is 0.911. The van der Waals surface area contributed by atoms with Crippen molar-refractivity contribution in [3.8, 4) is 5.75 Å². The molecular formula is C16H14FNO2. The molecule has 3 nitrogen and oxygen atoms in total. The number of ether oxygens (including phenoxy) is 1. The lowest BCUT2D eigenvalue weighted by molar-refractivity contribution is 0.0925. The zero-order chi connectivity index (χ0) is 13.9. The number of halogens is 1. The van der Waals surface area contributed by atoms with Gasteiger partial charge in [-0.3, -0.25) is 4.79 Å². The van der Waals surface area contributed by atoms with E-state index in [2.05, 4.69) is 5.32 Å². The van der Waals surface area contributed by atoms with Crippen LogP contribution in [0.5, 0.6) is 5.75 Å². The van der Waals surface area contributed by atoms with Crippen molar-refractivity contribution in [1.82, 2.24) is 5.32 Å². The summed E-state index contributed by atoms with van der Waals surface area (Å²) in [5.74, 6) is 0.257. The van der Waals surface area contributed by atoms with Gasteiger partial charge in [-0.1, -0.05) is 18.2 Å². The van der Waals surface area contributed by atoms with Crippen LogP contribution in [0.25, 0.3) is 0 Å². The van der Waals surface area contributed by atoms with E-state index in [1.165, 1.54) is 24.3 Å². The summed E-state index contributed by atoms with van der Waals surface area (Å²) in [4.78, 5) is 12.2. The molecule has 0 aliphatic carbocycles. The Morgan fingerprint density at radius 1 is 1.15 bits per heavy atom. The molecule has 0 bridgehead atoms. The number of para-hydroxylation sites is 1. The van der Waals surface area contributed by atoms with Crippen LogP contribution < -0.4 is 10.1 Å². The number of hydrogen-bond donors (Lipinski definition) is 1. The molecule has 0 unspecified atom stereocenters. The van der Waals surface area contributed by atoms with Gasteiger partial charge in [0, 0.05) is 17.5 Å². The Morgan fingerprint density at radius 3 is 2.70 bits per heavy atom. The highest BCUT2D eigenvalue weighted by molar-refractivity contribution is 5.94. The first-order chi connectivity index (χ1) is 9.74. The van der Waals surface area contributed by atoms with Crippen molar-refractivity contribution in [1.29, 1.82) is 0 Å². The lowest BCUT2D eigenvalue weighted by atomic mass is 10.00. The molecule has 1 atom stereocenters. The van der Waals surface area contributed by atoms with Gasteiger partial charge < -0.3 is 10.1 Å². The van der Waals surface area contributed by atoms with E-state index < -0.39 is 0 Å². The van der Waals surface area contributed by atoms with Gasteiger partial charge in [0.2, 0.25) is 0 Å². The van der Waals surface area contributed by atoms with Crippen LogP contribution in [0, 0.1) is 5.82 Å². The maximum Gasteiger partial charge on any atom is 0.251 e. The molecule has 1 amide bonds. The van der Waals surface area contributed by atoms with Crippen molar-refractivity contribution in [2.45, 2.75) is 12.5 Å². The van der Waals surface area contributed by atoms with Gasteiger partial charge in [-0.15, -0.1) is 0 Å². The molecule has 1 aliphatic heterocycles. The first-order valence-electron chi connectivity index (χ1n) is 6.52. The first kappa shape index (κ1) is 12.7. The molecule has 3 rings (SSSR count). The van der Waals surface area contributed by atoms with Crippen LogP contribution in [0.4, 0.5) is 4.39 Å². The molecule has 0 spiro atoms. The van der Waals surface area contributed by atoms with Gasteiger partial charge in [-0.25, -0.2) is 4.39 Å². The lowest BCUT2D eigenvalue weighted by Crippen LogP contribution is -2.32. The summed E-state index contributed by atoms with van der Waals surface area (Å²) in [5.41, 5.74) is 1.43. The monoisotopic (exact) mass is 271 g/mol. The smallest absolute Gasteiger partial charge is 0.251 e. The number of carbonyl (C=O) groups excluding carboxylic acids is 1. The number of carbonyl (C=O) groups is 1. The Balaban J connectivity index is 1.79. The summed E-state index contributed by atoms with van der Waals surface area (Å²) in [6, 6.07) is 13.1. The molecule has 1 heterocycles. The van der Waals surface area contributed by atoms with Crippen molar-refractivity contribution in [2.75, 3.05) is 6.61 Å². The van der Waals surface area contributed by atoms with Gasteiger partial charge in [0.05, 0.1) is 12.6 Å². The van der Waals surface area contributed by atoms with E-state index in [1.807, 2.05) is 24.3 Å². The third-order valence-electron chi connectivity index (χ3n) is 3.37. The van der Waals surface area contributed by atoms with Crippen LogP contribution >= 0.6 is 0 Å². The van der Waals surface area contributed by atoms with Gasteiger partial charge in [0.1, 0.15) is 11.6 Å². The van der Waals surface area contributed by atoms with Crippen LogP contribution in [0.3, 0.4) is 0 Å². The number of nitrogens with one attached hydrogen (secondary N) is 1. The summed E-state index contributed by atoms with van der Waals surface area (Å²) in [7, 11) is 0. The number of benzene rings is 2. The highest BCUT2D eigenvalue weighted by Crippen LogP contribution is 2.31. The third-order valence-corrected chi connectivity index (χ3v) is 3.37. The van der Waals surface area contributed by atoms with Crippen LogP contribution in [0.2, 0.25) is 0 Å². The van der Waals surface area contributed by atoms with Crippen LogP contribution in [0.1, 0.15) is 28.4 Å². The second-order valence-corrected chi connectivity index (χ2v) is 4.71. The van der Waals surface area contributed by atoms with E-state index in [-0.39, 0.29) is 17.8 Å². The summed E-state index contributed by atoms with van der Waals surface area (Å²) in [6.07, 6.45) is 0.726. The molecule has 0 saturated carbocycles. The molecule has 2 aromatic rings. The Morgan fingerprint density at radius 2 is 1.90 bits per heavy atom. The van der Waals surface area contributed by atoms with E-state index in [0.29, 0.717) is 12.2 Å². The Bertz CT molecular complexity index is 625. The minimum absolute atomic E-state index is 0.0718. The summed E-state index contributed by atoms with van der Waals surface area (Å²) in [6.45, 7) is 0.575. The summed E-state index contributed by atoms with van der Waals surface area (Å²) >= 11 is 0. The minimum Gasteiger partial charge on any atom is -0.493 e. The number of fused-ring (bicyclic) bond motifs is 1. The van der Waals surface area contributed by atoms with E-state index >= 15 is 0 Å². The molecular weight excluding hydrogens is 257 g/mol. The maximum atomic E-state index is 12.9. The van der Waals surface area contributed by atoms with Gasteiger partial charge in [-0.2, -0.15) is 0 Å². The average molecular weight is 271 g/mol. The highest BCUT2D eigenvalue weighted by atomic mass is 19.1. The topological polar surface area (TPSA) is 38.3 Å². The van der Waals surface area contributed by atoms with E-state index in [9.17, 15) is 9.18 Å². The molecule has 1 aliphatic rings. The zero-order valence-electron chi connectivity index (χ0n) is 10.8. The number of hydrogen-bond acceptors (Lipinski definition) is 2. The predicted molar refractivity (Wildman–Crippen MR) is 73.2 cm³/mol. The Hall–Kier alpha value is -2.36. The normalized spacial score (nSPS) is 16.9. The first-order valence-corrected chi connectivity index (χ1v) is 6.52. The van der Waals surface area contributed by atoms with E-state index in [1.54, 1.807) is 0 Å². The molecule has 0 aromatic heterocycles. The van der Waals surface area contributed by atoms with Crippen molar-refractivity contribution in [3.63, 3.8) is 0 Å². The van der Waals surface area contributed by atoms with Gasteiger partial charge in [0.25, 0.3) is 5.91 Å². The van der Waals surface area contributed by atoms with Gasteiger partial charge in [-0.05, 0) is 30.3 Å². The van der Waals surface area contributed by atoms with Gasteiger partial charge >= 0.3 is 0 Å². The largest absolute Gasteiger partial charge is 0.493 e. The maximum absolute atomic E-state index is 12.9. The van der Waals surface area contributed by atoms with E-state index in [4.69, 9.17) is 4.74 Å². The van der Waals surface area contributed by atoms with Crippen LogP contribution in [-0.2, 0) is 0 Å². The van der Waals surface area contributed by atoms with Crippen LogP contribution in [0.15, 0.2) is 48.5 Å². The standard InChI is InChI=1S/C16H14FNO2/c17-12-7-5-11(6-8-12)16(19)18-14-9-10-20-15-4-2-1-3-13(14)15/h1-8,14H,9-10H2,(H,18,19)/t14-/m0/s1. The highest BCUT2D eigenvalue weighted by Gasteiger charge is 2.22. The molecule has 20 heavy (non-hydrogen) atoms. The number of amides is 1. The Labute approximate surface area is 116 Å². The Kier molecular flexibility index (Phi) is 3.37. The number of rotatable bonds is 2. The fourth-order valence-corrected chi connectivity index (χ4v) is 2.33. The van der Waals surface area contributed by atoms with Crippen molar-refractivity contribution < 1.29 is 13.9 Å². The predicted octanol–water partition coefficient (Wildman–Crippen LogP) is 3.08. The molecule has 1 N–H and O–H groups in total. The average Bonchev–Trinajstić information content (AvgIpc) is 2.48. The molecule has 0 radical (unpaired) electrons. The van der Waals surface area contributed by atoms with E-state index in [0.717, 1.165) is 17.7 Å². The van der Waals surface area contributed by atoms with Crippen molar-refractivity contribution in [2.24, 2.45) is 0 Å². The minimum atomic E-state index is -0.349. The molecule has 0 fully saturated rings. The van der Waals surface area contributed by atoms with Crippen molar-refractivity contribution in [3.05, 3.63) is 65.5 Å².